The smallest absolute Gasteiger partial charge is 0.341 e. The second-order valence-corrected chi connectivity index (χ2v) is 7.61. The molecule has 8 nitrogen and oxygen atoms in total. The van der Waals surface area contributed by atoms with Crippen molar-refractivity contribution in [2.75, 3.05) is 13.7 Å². The molecule has 1 atom stereocenters. The lowest BCUT2D eigenvalue weighted by Crippen LogP contribution is -2.27. The summed E-state index contributed by atoms with van der Waals surface area (Å²) < 4.78 is 10.7. The lowest BCUT2D eigenvalue weighted by atomic mass is 9.97. The van der Waals surface area contributed by atoms with Crippen molar-refractivity contribution >= 4 is 17.6 Å². The molecule has 1 N–H and O–H groups in total. The highest BCUT2D eigenvalue weighted by Gasteiger charge is 2.34. The second kappa shape index (κ2) is 9.52. The number of hydrogen-bond acceptors (Lipinski definition) is 6. The molecule has 168 valence electrons. The predicted octanol–water partition coefficient (Wildman–Crippen LogP) is 3.85. The number of ether oxygens (including phenoxy) is 2. The van der Waals surface area contributed by atoms with Gasteiger partial charge in [0.25, 0.3) is 5.91 Å². The SMILES string of the molecule is COc1cc(C2=NN(C(=O)c3ccncc3)C(c3ccc(C)cc3)C2)ccc1OCC(=O)O. The molecule has 1 aliphatic heterocycles. The van der Waals surface area contributed by atoms with Crippen molar-refractivity contribution < 1.29 is 24.2 Å². The zero-order chi connectivity index (χ0) is 23.4. The Balaban J connectivity index is 1.68. The summed E-state index contributed by atoms with van der Waals surface area (Å²) in [6.45, 7) is 1.54. The fourth-order valence-electron chi connectivity index (χ4n) is 3.65. The standard InChI is InChI=1S/C25H23N3O5/c1-16-3-5-17(6-4-16)21-14-20(27-28(21)25(31)18-9-11-26-12-10-18)19-7-8-22(23(13-19)32-2)33-15-24(29)30/h3-13,21H,14-15H2,1-2H3,(H,29,30). The Bertz CT molecular complexity index is 1190. The third-order valence-electron chi connectivity index (χ3n) is 5.36. The molecule has 0 saturated carbocycles. The molecule has 0 saturated heterocycles. The number of nitrogens with zero attached hydrogens (tertiary/aromatic N) is 3. The van der Waals surface area contributed by atoms with Gasteiger partial charge in [-0.2, -0.15) is 5.10 Å². The van der Waals surface area contributed by atoms with E-state index in [-0.39, 0.29) is 11.9 Å². The summed E-state index contributed by atoms with van der Waals surface area (Å²) in [6.07, 6.45) is 3.67. The van der Waals surface area contributed by atoms with E-state index in [4.69, 9.17) is 14.6 Å². The number of aryl methyl sites for hydroxylation is 1. The fourth-order valence-corrected chi connectivity index (χ4v) is 3.65. The van der Waals surface area contributed by atoms with E-state index in [0.717, 1.165) is 16.7 Å². The Labute approximate surface area is 191 Å². The van der Waals surface area contributed by atoms with Gasteiger partial charge in [0.15, 0.2) is 18.1 Å². The number of pyridine rings is 1. The fraction of sp³-hybridized carbons (Fsp3) is 0.200. The molecule has 1 amide bonds. The van der Waals surface area contributed by atoms with Gasteiger partial charge in [-0.05, 0) is 42.8 Å². The van der Waals surface area contributed by atoms with Crippen LogP contribution < -0.4 is 9.47 Å². The highest BCUT2D eigenvalue weighted by atomic mass is 16.5. The number of amides is 1. The zero-order valence-corrected chi connectivity index (χ0v) is 18.3. The van der Waals surface area contributed by atoms with Crippen LogP contribution in [0, 0.1) is 6.92 Å². The molecule has 0 bridgehead atoms. The number of benzene rings is 2. The van der Waals surface area contributed by atoms with Gasteiger partial charge in [-0.15, -0.1) is 0 Å². The quantitative estimate of drug-likeness (QED) is 0.593. The number of carboxylic acids is 1. The summed E-state index contributed by atoms with van der Waals surface area (Å²) in [7, 11) is 1.48. The first-order valence-corrected chi connectivity index (χ1v) is 10.4. The minimum atomic E-state index is -1.08. The van der Waals surface area contributed by atoms with Crippen LogP contribution in [0.3, 0.4) is 0 Å². The van der Waals surface area contributed by atoms with E-state index >= 15 is 0 Å². The van der Waals surface area contributed by atoms with E-state index < -0.39 is 12.6 Å². The molecular formula is C25H23N3O5. The molecule has 2 heterocycles. The Morgan fingerprint density at radius 3 is 2.45 bits per heavy atom. The summed E-state index contributed by atoms with van der Waals surface area (Å²) >= 11 is 0. The number of hydrazone groups is 1. The number of carbonyl (C=O) groups is 2. The summed E-state index contributed by atoms with van der Waals surface area (Å²) in [5.41, 5.74) is 4.09. The van der Waals surface area contributed by atoms with Gasteiger partial charge in [-0.1, -0.05) is 29.8 Å². The van der Waals surface area contributed by atoms with E-state index in [1.165, 1.54) is 12.1 Å². The van der Waals surface area contributed by atoms with Crippen molar-refractivity contribution in [3.05, 3.63) is 89.2 Å². The molecule has 8 heteroatoms. The summed E-state index contributed by atoms with van der Waals surface area (Å²) in [6, 6.07) is 16.3. The highest BCUT2D eigenvalue weighted by molar-refractivity contribution is 6.05. The van der Waals surface area contributed by atoms with E-state index in [9.17, 15) is 9.59 Å². The number of methoxy groups -OCH3 is 1. The molecule has 0 fully saturated rings. The van der Waals surface area contributed by atoms with E-state index in [1.54, 1.807) is 42.7 Å². The van der Waals surface area contributed by atoms with Crippen LogP contribution in [0.1, 0.15) is 39.5 Å². The Morgan fingerprint density at radius 1 is 1.06 bits per heavy atom. The van der Waals surface area contributed by atoms with Crippen LogP contribution in [0.5, 0.6) is 11.5 Å². The molecular weight excluding hydrogens is 422 g/mol. The molecule has 3 aromatic rings. The normalized spacial score (nSPS) is 15.2. The van der Waals surface area contributed by atoms with E-state index in [2.05, 4.69) is 10.1 Å². The van der Waals surface area contributed by atoms with Crippen LogP contribution >= 0.6 is 0 Å². The van der Waals surface area contributed by atoms with Crippen LogP contribution in [-0.4, -0.2) is 46.4 Å². The molecule has 0 aliphatic carbocycles. The maximum atomic E-state index is 13.3. The van der Waals surface area contributed by atoms with Crippen LogP contribution in [0.4, 0.5) is 0 Å². The van der Waals surface area contributed by atoms with Gasteiger partial charge in [0.2, 0.25) is 0 Å². The van der Waals surface area contributed by atoms with Gasteiger partial charge in [0, 0.05) is 29.9 Å². The van der Waals surface area contributed by atoms with Crippen LogP contribution in [0.25, 0.3) is 0 Å². The van der Waals surface area contributed by atoms with Gasteiger partial charge in [0.1, 0.15) is 0 Å². The molecule has 0 spiro atoms. The first-order chi connectivity index (χ1) is 16.0. The number of carboxylic acid groups (broad SMARTS) is 1. The molecule has 1 aliphatic rings. The Morgan fingerprint density at radius 2 is 1.79 bits per heavy atom. The second-order valence-electron chi connectivity index (χ2n) is 7.61. The van der Waals surface area contributed by atoms with Crippen molar-refractivity contribution in [3.8, 4) is 11.5 Å². The van der Waals surface area contributed by atoms with Gasteiger partial charge in [-0.25, -0.2) is 9.80 Å². The molecule has 4 rings (SSSR count). The van der Waals surface area contributed by atoms with Gasteiger partial charge >= 0.3 is 5.97 Å². The Hall–Kier alpha value is -4.20. The monoisotopic (exact) mass is 445 g/mol. The van der Waals surface area contributed by atoms with Crippen molar-refractivity contribution in [2.24, 2.45) is 5.10 Å². The summed E-state index contributed by atoms with van der Waals surface area (Å²) in [4.78, 5) is 28.1. The topological polar surface area (TPSA) is 101 Å². The van der Waals surface area contributed by atoms with Crippen molar-refractivity contribution in [1.82, 2.24) is 9.99 Å². The molecule has 1 unspecified atom stereocenters. The summed E-state index contributed by atoms with van der Waals surface area (Å²) in [5, 5.41) is 15.1. The van der Waals surface area contributed by atoms with Crippen molar-refractivity contribution in [3.63, 3.8) is 0 Å². The molecule has 0 radical (unpaired) electrons. The number of carbonyl (C=O) groups excluding carboxylic acids is 1. The van der Waals surface area contributed by atoms with Gasteiger partial charge in [0.05, 0.1) is 18.9 Å². The average molecular weight is 445 g/mol. The first kappa shape index (κ1) is 22.0. The molecule has 33 heavy (non-hydrogen) atoms. The third kappa shape index (κ3) is 4.85. The van der Waals surface area contributed by atoms with E-state index in [1.807, 2.05) is 31.2 Å². The number of aliphatic carboxylic acids is 1. The van der Waals surface area contributed by atoms with E-state index in [0.29, 0.717) is 29.2 Å². The van der Waals surface area contributed by atoms with Crippen molar-refractivity contribution in [2.45, 2.75) is 19.4 Å². The molecule has 1 aromatic heterocycles. The largest absolute Gasteiger partial charge is 0.493 e. The highest BCUT2D eigenvalue weighted by Crippen LogP contribution is 2.36. The van der Waals surface area contributed by atoms with Crippen LogP contribution in [-0.2, 0) is 4.79 Å². The number of rotatable bonds is 7. The Kier molecular flexibility index (Phi) is 6.35. The van der Waals surface area contributed by atoms with Crippen LogP contribution in [0.15, 0.2) is 72.1 Å². The van der Waals surface area contributed by atoms with Gasteiger partial charge < -0.3 is 14.6 Å². The van der Waals surface area contributed by atoms with Crippen LogP contribution in [0.2, 0.25) is 0 Å². The molecule has 2 aromatic carbocycles. The third-order valence-corrected chi connectivity index (χ3v) is 5.36. The zero-order valence-electron chi connectivity index (χ0n) is 18.3. The minimum Gasteiger partial charge on any atom is -0.493 e. The van der Waals surface area contributed by atoms with Crippen molar-refractivity contribution in [1.29, 1.82) is 0 Å². The maximum Gasteiger partial charge on any atom is 0.341 e. The minimum absolute atomic E-state index is 0.216. The average Bonchev–Trinajstić information content (AvgIpc) is 3.28. The summed E-state index contributed by atoms with van der Waals surface area (Å²) in [5.74, 6) is -0.580. The number of aromatic nitrogens is 1. The lowest BCUT2D eigenvalue weighted by Gasteiger charge is -2.22. The lowest BCUT2D eigenvalue weighted by molar-refractivity contribution is -0.139. The first-order valence-electron chi connectivity index (χ1n) is 10.4. The predicted molar refractivity (Wildman–Crippen MR) is 122 cm³/mol. The maximum absolute atomic E-state index is 13.3. The van der Waals surface area contributed by atoms with Gasteiger partial charge in [-0.3, -0.25) is 9.78 Å². The number of hydrogen-bond donors (Lipinski definition) is 1.